The summed E-state index contributed by atoms with van der Waals surface area (Å²) in [5, 5.41) is 7.31. The van der Waals surface area contributed by atoms with E-state index in [9.17, 15) is 0 Å². The summed E-state index contributed by atoms with van der Waals surface area (Å²) < 4.78 is 1.74. The largest absolute Gasteiger partial charge is 0.337 e. The van der Waals surface area contributed by atoms with Gasteiger partial charge in [0.25, 0.3) is 0 Å². The number of anilines is 2. The number of nitrogens with one attached hydrogen (secondary N) is 2. The maximum Gasteiger partial charge on any atom is 0.141 e. The number of H-pyrrole nitrogens is 1. The third-order valence-corrected chi connectivity index (χ3v) is 3.27. The summed E-state index contributed by atoms with van der Waals surface area (Å²) in [6.45, 7) is 0. The van der Waals surface area contributed by atoms with Crippen LogP contribution in [0.4, 0.5) is 11.6 Å². The molecule has 0 radical (unpaired) electrons. The first-order valence-electron chi connectivity index (χ1n) is 6.81. The zero-order valence-electron chi connectivity index (χ0n) is 11.9. The summed E-state index contributed by atoms with van der Waals surface area (Å²) in [6, 6.07) is 7.57. The summed E-state index contributed by atoms with van der Waals surface area (Å²) in [7, 11) is 1.88. The quantitative estimate of drug-likeness (QED) is 0.606. The zero-order valence-corrected chi connectivity index (χ0v) is 11.9. The van der Waals surface area contributed by atoms with Gasteiger partial charge in [-0.3, -0.25) is 4.68 Å². The molecule has 0 saturated heterocycles. The fourth-order valence-electron chi connectivity index (χ4n) is 2.23. The van der Waals surface area contributed by atoms with E-state index in [1.807, 2.05) is 37.5 Å². The molecule has 4 aromatic rings. The lowest BCUT2D eigenvalue weighted by molar-refractivity contribution is 0.768. The van der Waals surface area contributed by atoms with E-state index in [0.717, 1.165) is 28.2 Å². The number of hydrogen-bond donors (Lipinski definition) is 2. The predicted molar refractivity (Wildman–Crippen MR) is 83.6 cm³/mol. The number of rotatable bonds is 3. The second-order valence-corrected chi connectivity index (χ2v) is 4.91. The Morgan fingerprint density at radius 2 is 2.09 bits per heavy atom. The molecule has 0 bridgehead atoms. The molecular formula is C15H13N7. The zero-order chi connectivity index (χ0) is 14.9. The number of pyridine rings is 2. The summed E-state index contributed by atoms with van der Waals surface area (Å²) in [6.07, 6.45) is 7.18. The van der Waals surface area contributed by atoms with Crippen LogP contribution in [-0.2, 0) is 7.05 Å². The van der Waals surface area contributed by atoms with Gasteiger partial charge in [0.1, 0.15) is 17.5 Å². The number of fused-ring (bicyclic) bond motifs is 1. The van der Waals surface area contributed by atoms with Crippen molar-refractivity contribution in [2.75, 3.05) is 5.32 Å². The highest BCUT2D eigenvalue weighted by atomic mass is 15.2. The van der Waals surface area contributed by atoms with E-state index < -0.39 is 0 Å². The molecule has 108 valence electrons. The van der Waals surface area contributed by atoms with Gasteiger partial charge in [-0.2, -0.15) is 5.10 Å². The standard InChI is InChI=1S/C15H13N7/c1-22-9-10(7-18-22)15-19-11-6-14(17-8-12(11)20-15)21-13-4-2-3-5-16-13/h2-9H,1H3,(H,19,20)(H,16,17,21). The van der Waals surface area contributed by atoms with Crippen LogP contribution in [0.2, 0.25) is 0 Å². The molecule has 0 spiro atoms. The average Bonchev–Trinajstić information content (AvgIpc) is 3.14. The topological polar surface area (TPSA) is 84.3 Å². The molecular weight excluding hydrogens is 278 g/mol. The highest BCUT2D eigenvalue weighted by Gasteiger charge is 2.08. The van der Waals surface area contributed by atoms with Crippen LogP contribution in [0.25, 0.3) is 22.4 Å². The molecule has 4 rings (SSSR count). The minimum Gasteiger partial charge on any atom is -0.337 e. The highest BCUT2D eigenvalue weighted by Crippen LogP contribution is 2.22. The fraction of sp³-hybridized carbons (Fsp3) is 0.0667. The van der Waals surface area contributed by atoms with Crippen molar-refractivity contribution in [3.05, 3.63) is 49.1 Å². The molecule has 0 amide bonds. The van der Waals surface area contributed by atoms with Gasteiger partial charge in [0.05, 0.1) is 29.0 Å². The smallest absolute Gasteiger partial charge is 0.141 e. The monoisotopic (exact) mass is 291 g/mol. The van der Waals surface area contributed by atoms with Crippen molar-refractivity contribution in [2.24, 2.45) is 7.05 Å². The van der Waals surface area contributed by atoms with Crippen LogP contribution in [0.1, 0.15) is 0 Å². The van der Waals surface area contributed by atoms with Crippen LogP contribution < -0.4 is 5.32 Å². The molecule has 0 fully saturated rings. The molecule has 4 heterocycles. The van der Waals surface area contributed by atoms with Crippen LogP contribution in [0.15, 0.2) is 49.1 Å². The van der Waals surface area contributed by atoms with Gasteiger partial charge in [0, 0.05) is 25.5 Å². The Hall–Kier alpha value is -3.22. The maximum atomic E-state index is 4.59. The number of imidazole rings is 1. The molecule has 4 aromatic heterocycles. The Morgan fingerprint density at radius 1 is 1.14 bits per heavy atom. The van der Waals surface area contributed by atoms with Crippen molar-refractivity contribution in [3.8, 4) is 11.4 Å². The van der Waals surface area contributed by atoms with Crippen molar-refractivity contribution in [3.63, 3.8) is 0 Å². The molecule has 0 aliphatic carbocycles. The summed E-state index contributed by atoms with van der Waals surface area (Å²) in [5.41, 5.74) is 2.66. The third kappa shape index (κ3) is 2.28. The van der Waals surface area contributed by atoms with Crippen LogP contribution in [0.5, 0.6) is 0 Å². The molecule has 0 atom stereocenters. The Bertz CT molecular complexity index is 923. The van der Waals surface area contributed by atoms with E-state index >= 15 is 0 Å². The first kappa shape index (κ1) is 12.5. The Balaban J connectivity index is 1.69. The Kier molecular flexibility index (Phi) is 2.82. The minimum absolute atomic E-state index is 0.704. The molecule has 0 aromatic carbocycles. The maximum absolute atomic E-state index is 4.59. The second kappa shape index (κ2) is 4.96. The molecule has 0 aliphatic rings. The Labute approximate surface area is 126 Å². The average molecular weight is 291 g/mol. The van der Waals surface area contributed by atoms with Gasteiger partial charge in [-0.15, -0.1) is 0 Å². The fourth-order valence-corrected chi connectivity index (χ4v) is 2.23. The molecule has 0 aliphatic heterocycles. The summed E-state index contributed by atoms with van der Waals surface area (Å²) in [4.78, 5) is 16.4. The van der Waals surface area contributed by atoms with E-state index in [1.54, 1.807) is 23.3 Å². The van der Waals surface area contributed by atoms with Crippen molar-refractivity contribution >= 4 is 22.7 Å². The number of aromatic amines is 1. The van der Waals surface area contributed by atoms with Gasteiger partial charge < -0.3 is 10.3 Å². The van der Waals surface area contributed by atoms with Gasteiger partial charge >= 0.3 is 0 Å². The molecule has 2 N–H and O–H groups in total. The van der Waals surface area contributed by atoms with Gasteiger partial charge in [0.15, 0.2) is 0 Å². The van der Waals surface area contributed by atoms with Crippen LogP contribution in [0, 0.1) is 0 Å². The van der Waals surface area contributed by atoms with Crippen molar-refractivity contribution < 1.29 is 0 Å². The van der Waals surface area contributed by atoms with Crippen LogP contribution in [-0.4, -0.2) is 29.7 Å². The van der Waals surface area contributed by atoms with E-state index in [0.29, 0.717) is 5.82 Å². The van der Waals surface area contributed by atoms with Crippen LogP contribution in [0.3, 0.4) is 0 Å². The number of hydrogen-bond acceptors (Lipinski definition) is 5. The third-order valence-electron chi connectivity index (χ3n) is 3.27. The SMILES string of the molecule is Cn1cc(-c2nc3cc(Nc4ccccn4)ncc3[nH]2)cn1. The molecule has 0 saturated carbocycles. The second-order valence-electron chi connectivity index (χ2n) is 4.91. The van der Waals surface area contributed by atoms with Crippen molar-refractivity contribution in [1.29, 1.82) is 0 Å². The van der Waals surface area contributed by atoms with E-state index in [1.165, 1.54) is 0 Å². The van der Waals surface area contributed by atoms with Gasteiger partial charge in [-0.1, -0.05) is 6.07 Å². The van der Waals surface area contributed by atoms with Crippen molar-refractivity contribution in [2.45, 2.75) is 0 Å². The normalized spacial score (nSPS) is 11.0. The van der Waals surface area contributed by atoms with E-state index in [2.05, 4.69) is 30.4 Å². The molecule has 22 heavy (non-hydrogen) atoms. The molecule has 7 heteroatoms. The van der Waals surface area contributed by atoms with E-state index in [4.69, 9.17) is 0 Å². The van der Waals surface area contributed by atoms with Gasteiger partial charge in [-0.05, 0) is 12.1 Å². The Morgan fingerprint density at radius 3 is 2.86 bits per heavy atom. The molecule has 0 unspecified atom stereocenters. The lowest BCUT2D eigenvalue weighted by atomic mass is 10.3. The number of aryl methyl sites for hydroxylation is 1. The number of nitrogens with zero attached hydrogens (tertiary/aromatic N) is 5. The van der Waals surface area contributed by atoms with E-state index in [-0.39, 0.29) is 0 Å². The highest BCUT2D eigenvalue weighted by molar-refractivity contribution is 5.81. The summed E-state index contributed by atoms with van der Waals surface area (Å²) >= 11 is 0. The van der Waals surface area contributed by atoms with Crippen molar-refractivity contribution in [1.82, 2.24) is 29.7 Å². The van der Waals surface area contributed by atoms with Gasteiger partial charge in [0.2, 0.25) is 0 Å². The first-order chi connectivity index (χ1) is 10.8. The number of aromatic nitrogens is 6. The summed E-state index contributed by atoms with van der Waals surface area (Å²) in [5.74, 6) is 2.23. The van der Waals surface area contributed by atoms with Gasteiger partial charge in [-0.25, -0.2) is 15.0 Å². The lowest BCUT2D eigenvalue weighted by Gasteiger charge is -2.03. The lowest BCUT2D eigenvalue weighted by Crippen LogP contribution is -1.94. The van der Waals surface area contributed by atoms with Crippen LogP contribution >= 0.6 is 0 Å². The predicted octanol–water partition coefficient (Wildman–Crippen LogP) is 2.50. The minimum atomic E-state index is 0.704. The molecule has 7 nitrogen and oxygen atoms in total. The first-order valence-corrected chi connectivity index (χ1v) is 6.81.